The highest BCUT2D eigenvalue weighted by atomic mass is 79.9. The molecule has 1 atom stereocenters. The fourth-order valence-corrected chi connectivity index (χ4v) is 3.24. The lowest BCUT2D eigenvalue weighted by Crippen LogP contribution is -2.21. The Hall–Kier alpha value is -0.220. The molecule has 0 N–H and O–H groups in total. The molecule has 82 valence electrons. The predicted molar refractivity (Wildman–Crippen MR) is 70.7 cm³/mol. The van der Waals surface area contributed by atoms with Gasteiger partial charge in [-0.2, -0.15) is 11.8 Å². The average molecular weight is 287 g/mol. The van der Waals surface area contributed by atoms with E-state index in [1.807, 2.05) is 12.1 Å². The molecule has 15 heavy (non-hydrogen) atoms. The van der Waals surface area contributed by atoms with Gasteiger partial charge in [0.2, 0.25) is 0 Å². The van der Waals surface area contributed by atoms with Crippen molar-refractivity contribution >= 4 is 33.5 Å². The monoisotopic (exact) mass is 286 g/mol. The van der Waals surface area contributed by atoms with Gasteiger partial charge in [-0.1, -0.05) is 13.0 Å². The van der Waals surface area contributed by atoms with Crippen molar-refractivity contribution in [3.63, 3.8) is 0 Å². The number of aromatic nitrogens is 1. The van der Waals surface area contributed by atoms with Gasteiger partial charge in [0.25, 0.3) is 0 Å². The molecule has 1 aliphatic heterocycles. The molecule has 2 nitrogen and oxygen atoms in total. The van der Waals surface area contributed by atoms with E-state index in [9.17, 15) is 0 Å². The van der Waals surface area contributed by atoms with Gasteiger partial charge in [-0.05, 0) is 40.2 Å². The van der Waals surface area contributed by atoms with E-state index < -0.39 is 0 Å². The molecule has 1 aromatic rings. The Morgan fingerprint density at radius 1 is 1.60 bits per heavy atom. The fraction of sp³-hybridized carbons (Fsp3) is 0.545. The third-order valence-corrected chi connectivity index (χ3v) is 4.20. The minimum absolute atomic E-state index is 0.788. The van der Waals surface area contributed by atoms with Crippen molar-refractivity contribution in [2.24, 2.45) is 0 Å². The van der Waals surface area contributed by atoms with E-state index in [0.717, 1.165) is 28.8 Å². The molecule has 0 aromatic carbocycles. The molecule has 1 fully saturated rings. The van der Waals surface area contributed by atoms with Crippen LogP contribution in [0.1, 0.15) is 13.3 Å². The maximum absolute atomic E-state index is 4.48. The van der Waals surface area contributed by atoms with Crippen molar-refractivity contribution in [3.05, 3.63) is 22.8 Å². The number of hydrogen-bond acceptors (Lipinski definition) is 3. The Morgan fingerprint density at radius 2 is 2.47 bits per heavy atom. The van der Waals surface area contributed by atoms with Gasteiger partial charge in [-0.15, -0.1) is 0 Å². The summed E-state index contributed by atoms with van der Waals surface area (Å²) in [5, 5.41) is 0.788. The molecule has 0 spiro atoms. The first-order valence-electron chi connectivity index (χ1n) is 5.28. The third kappa shape index (κ3) is 2.88. The summed E-state index contributed by atoms with van der Waals surface area (Å²) in [5.41, 5.74) is 0. The molecule has 4 heteroatoms. The first kappa shape index (κ1) is 11.3. The molecular formula is C11H15BrN2S. The molecule has 2 rings (SSSR count). The van der Waals surface area contributed by atoms with Gasteiger partial charge in [-0.3, -0.25) is 0 Å². The largest absolute Gasteiger partial charge is 0.355 e. The summed E-state index contributed by atoms with van der Waals surface area (Å²) in [6.07, 6.45) is 1.28. The van der Waals surface area contributed by atoms with Gasteiger partial charge < -0.3 is 4.90 Å². The van der Waals surface area contributed by atoms with Crippen LogP contribution in [0.3, 0.4) is 0 Å². The van der Waals surface area contributed by atoms with Crippen LogP contribution >= 0.6 is 27.7 Å². The van der Waals surface area contributed by atoms with Crippen LogP contribution < -0.4 is 4.90 Å². The Labute approximate surface area is 104 Å². The average Bonchev–Trinajstić information content (AvgIpc) is 2.67. The van der Waals surface area contributed by atoms with Gasteiger partial charge in [-0.25, -0.2) is 4.98 Å². The third-order valence-electron chi connectivity index (χ3n) is 2.57. The summed E-state index contributed by atoms with van der Waals surface area (Å²) in [7, 11) is 0. The zero-order chi connectivity index (χ0) is 10.7. The second-order valence-corrected chi connectivity index (χ2v) is 6.02. The van der Waals surface area contributed by atoms with Crippen LogP contribution in [0.2, 0.25) is 0 Å². The van der Waals surface area contributed by atoms with Crippen molar-refractivity contribution in [2.45, 2.75) is 18.6 Å². The van der Waals surface area contributed by atoms with Crippen LogP contribution in [0.15, 0.2) is 22.8 Å². The number of rotatable bonds is 3. The summed E-state index contributed by atoms with van der Waals surface area (Å²) in [4.78, 5) is 6.86. The number of nitrogens with zero attached hydrogens (tertiary/aromatic N) is 2. The van der Waals surface area contributed by atoms with E-state index in [0.29, 0.717) is 0 Å². The lowest BCUT2D eigenvalue weighted by molar-refractivity contribution is 0.934. The van der Waals surface area contributed by atoms with Crippen molar-refractivity contribution in [3.8, 4) is 0 Å². The van der Waals surface area contributed by atoms with Crippen molar-refractivity contribution in [1.82, 2.24) is 4.98 Å². The molecule has 0 bridgehead atoms. The summed E-state index contributed by atoms with van der Waals surface area (Å²) >= 11 is 5.47. The second-order valence-electron chi connectivity index (χ2n) is 3.63. The first-order chi connectivity index (χ1) is 7.29. The summed E-state index contributed by atoms with van der Waals surface area (Å²) in [6, 6.07) is 6.11. The lowest BCUT2D eigenvalue weighted by atomic mass is 10.4. The first-order valence-corrected chi connectivity index (χ1v) is 7.13. The van der Waals surface area contributed by atoms with Crippen LogP contribution in [0, 0.1) is 0 Å². The normalized spacial score (nSPS) is 20.9. The van der Waals surface area contributed by atoms with Crippen molar-refractivity contribution < 1.29 is 0 Å². The maximum Gasteiger partial charge on any atom is 0.129 e. The van der Waals surface area contributed by atoms with E-state index in [1.54, 1.807) is 0 Å². The minimum Gasteiger partial charge on any atom is -0.355 e. The van der Waals surface area contributed by atoms with E-state index in [-0.39, 0.29) is 0 Å². The van der Waals surface area contributed by atoms with Gasteiger partial charge >= 0.3 is 0 Å². The van der Waals surface area contributed by atoms with Crippen molar-refractivity contribution in [2.75, 3.05) is 23.7 Å². The highest BCUT2D eigenvalue weighted by molar-refractivity contribution is 9.10. The molecule has 1 aromatic heterocycles. The molecule has 0 saturated carbocycles. The van der Waals surface area contributed by atoms with E-state index in [1.165, 1.54) is 12.2 Å². The summed E-state index contributed by atoms with van der Waals surface area (Å²) in [6.45, 7) is 4.51. The summed E-state index contributed by atoms with van der Waals surface area (Å²) < 4.78 is 0.923. The quantitative estimate of drug-likeness (QED) is 0.794. The van der Waals surface area contributed by atoms with Crippen LogP contribution in [0.5, 0.6) is 0 Å². The number of hydrogen-bond donors (Lipinski definition) is 0. The van der Waals surface area contributed by atoms with E-state index >= 15 is 0 Å². The molecule has 0 radical (unpaired) electrons. The lowest BCUT2D eigenvalue weighted by Gasteiger charge is -2.17. The topological polar surface area (TPSA) is 16.1 Å². The number of thioether (sulfide) groups is 1. The van der Waals surface area contributed by atoms with Crippen LogP contribution in [0.4, 0.5) is 5.82 Å². The van der Waals surface area contributed by atoms with Crippen LogP contribution in [0.25, 0.3) is 0 Å². The number of pyridine rings is 1. The predicted octanol–water partition coefficient (Wildman–Crippen LogP) is 3.18. The second kappa shape index (κ2) is 5.21. The highest BCUT2D eigenvalue weighted by Crippen LogP contribution is 2.26. The molecule has 1 saturated heterocycles. The molecule has 1 aliphatic rings. The molecule has 2 heterocycles. The van der Waals surface area contributed by atoms with Crippen LogP contribution in [-0.4, -0.2) is 29.1 Å². The fourth-order valence-electron chi connectivity index (χ4n) is 1.88. The number of anilines is 1. The van der Waals surface area contributed by atoms with Crippen LogP contribution in [-0.2, 0) is 0 Å². The van der Waals surface area contributed by atoms with Gasteiger partial charge in [0, 0.05) is 18.3 Å². The Bertz CT molecular complexity index is 332. The molecular weight excluding hydrogens is 272 g/mol. The Kier molecular flexibility index (Phi) is 3.92. The minimum atomic E-state index is 0.788. The smallest absolute Gasteiger partial charge is 0.129 e. The molecule has 1 unspecified atom stereocenters. The van der Waals surface area contributed by atoms with E-state index in [4.69, 9.17) is 0 Å². The zero-order valence-electron chi connectivity index (χ0n) is 8.82. The highest BCUT2D eigenvalue weighted by Gasteiger charge is 2.23. The molecule has 0 aliphatic carbocycles. The maximum atomic E-state index is 4.48. The van der Waals surface area contributed by atoms with Gasteiger partial charge in [0.1, 0.15) is 10.4 Å². The zero-order valence-corrected chi connectivity index (χ0v) is 11.2. The summed E-state index contributed by atoms with van der Waals surface area (Å²) in [5.74, 6) is 2.31. The van der Waals surface area contributed by atoms with Gasteiger partial charge in [0.05, 0.1) is 0 Å². The Balaban J connectivity index is 2.01. The van der Waals surface area contributed by atoms with E-state index in [2.05, 4.69) is 50.6 Å². The SMILES string of the molecule is CCSC1CCN(c2cccc(Br)n2)C1. The molecule has 0 amide bonds. The number of halogens is 1. The van der Waals surface area contributed by atoms with Gasteiger partial charge in [0.15, 0.2) is 0 Å². The standard InChI is InChI=1S/C11H15BrN2S/c1-2-15-9-6-7-14(8-9)11-5-3-4-10(12)13-11/h3-5,9H,2,6-8H2,1H3. The Morgan fingerprint density at radius 3 is 3.20 bits per heavy atom. The van der Waals surface area contributed by atoms with Crippen molar-refractivity contribution in [1.29, 1.82) is 0 Å².